The Labute approximate surface area is 113 Å². The third-order valence-electron chi connectivity index (χ3n) is 2.88. The third kappa shape index (κ3) is 2.64. The maximum atomic E-state index is 13.8. The lowest BCUT2D eigenvalue weighted by Crippen LogP contribution is -2.05. The quantitative estimate of drug-likeness (QED) is 0.694. The number of benzene rings is 2. The SMILES string of the molecule is Cc1ccc(C#N)c(-c2cc(C(F)(F)F)ccc2F)c1. The van der Waals surface area contributed by atoms with Gasteiger partial charge < -0.3 is 0 Å². The molecular weight excluding hydrogens is 270 g/mol. The van der Waals surface area contributed by atoms with Gasteiger partial charge in [-0.15, -0.1) is 0 Å². The van der Waals surface area contributed by atoms with E-state index in [0.717, 1.165) is 17.7 Å². The Balaban J connectivity index is 2.70. The predicted molar refractivity (Wildman–Crippen MR) is 66.3 cm³/mol. The monoisotopic (exact) mass is 279 g/mol. The van der Waals surface area contributed by atoms with Gasteiger partial charge in [0.2, 0.25) is 0 Å². The Hall–Kier alpha value is -2.35. The Morgan fingerprint density at radius 1 is 1.00 bits per heavy atom. The van der Waals surface area contributed by atoms with Gasteiger partial charge in [0.05, 0.1) is 17.2 Å². The van der Waals surface area contributed by atoms with Gasteiger partial charge in [-0.05, 0) is 31.2 Å². The van der Waals surface area contributed by atoms with E-state index in [-0.39, 0.29) is 16.7 Å². The lowest BCUT2D eigenvalue weighted by molar-refractivity contribution is -0.137. The van der Waals surface area contributed by atoms with Crippen LogP contribution in [0.15, 0.2) is 36.4 Å². The van der Waals surface area contributed by atoms with Gasteiger partial charge in [-0.2, -0.15) is 18.4 Å². The predicted octanol–water partition coefficient (Wildman–Crippen LogP) is 4.69. The van der Waals surface area contributed by atoms with Crippen LogP contribution in [0.3, 0.4) is 0 Å². The molecule has 0 spiro atoms. The summed E-state index contributed by atoms with van der Waals surface area (Å²) in [6.07, 6.45) is -4.56. The number of hydrogen-bond donors (Lipinski definition) is 0. The van der Waals surface area contributed by atoms with Crippen molar-refractivity contribution < 1.29 is 17.6 Å². The summed E-state index contributed by atoms with van der Waals surface area (Å²) < 4.78 is 51.9. The summed E-state index contributed by atoms with van der Waals surface area (Å²) in [6, 6.07) is 8.64. The smallest absolute Gasteiger partial charge is 0.206 e. The highest BCUT2D eigenvalue weighted by Gasteiger charge is 2.31. The van der Waals surface area contributed by atoms with E-state index in [4.69, 9.17) is 5.26 Å². The van der Waals surface area contributed by atoms with E-state index in [1.807, 2.05) is 6.07 Å². The molecule has 0 fully saturated rings. The molecular formula is C15H9F4N. The second-order valence-electron chi connectivity index (χ2n) is 4.35. The molecule has 0 saturated heterocycles. The van der Waals surface area contributed by atoms with Crippen LogP contribution in [0.5, 0.6) is 0 Å². The van der Waals surface area contributed by atoms with E-state index in [9.17, 15) is 17.6 Å². The fourth-order valence-corrected chi connectivity index (χ4v) is 1.89. The zero-order valence-electron chi connectivity index (χ0n) is 10.4. The molecule has 2 aromatic carbocycles. The number of nitriles is 1. The molecule has 0 unspecified atom stereocenters. The van der Waals surface area contributed by atoms with Crippen molar-refractivity contribution in [1.29, 1.82) is 5.26 Å². The molecule has 0 aliphatic rings. The normalized spacial score (nSPS) is 11.2. The number of nitrogens with zero attached hydrogens (tertiary/aromatic N) is 1. The minimum absolute atomic E-state index is 0.133. The van der Waals surface area contributed by atoms with Crippen LogP contribution >= 0.6 is 0 Å². The van der Waals surface area contributed by atoms with E-state index in [1.54, 1.807) is 13.0 Å². The van der Waals surface area contributed by atoms with Crippen molar-refractivity contribution in [2.75, 3.05) is 0 Å². The molecule has 0 bridgehead atoms. The summed E-state index contributed by atoms with van der Waals surface area (Å²) in [5.74, 6) is -0.792. The van der Waals surface area contributed by atoms with Gasteiger partial charge in [0.25, 0.3) is 0 Å². The topological polar surface area (TPSA) is 23.8 Å². The van der Waals surface area contributed by atoms with E-state index >= 15 is 0 Å². The van der Waals surface area contributed by atoms with E-state index in [1.165, 1.54) is 12.1 Å². The fraction of sp³-hybridized carbons (Fsp3) is 0.133. The summed E-state index contributed by atoms with van der Waals surface area (Å²) in [5.41, 5.74) is -0.139. The first-order chi connectivity index (χ1) is 9.32. The van der Waals surface area contributed by atoms with Gasteiger partial charge in [0, 0.05) is 11.1 Å². The number of aryl methyl sites for hydroxylation is 1. The van der Waals surface area contributed by atoms with Gasteiger partial charge in [-0.25, -0.2) is 4.39 Å². The number of hydrogen-bond acceptors (Lipinski definition) is 1. The van der Waals surface area contributed by atoms with Gasteiger partial charge in [-0.3, -0.25) is 0 Å². The van der Waals surface area contributed by atoms with Crippen LogP contribution in [0.2, 0.25) is 0 Å². The second-order valence-corrected chi connectivity index (χ2v) is 4.35. The first kappa shape index (κ1) is 14.1. The van der Waals surface area contributed by atoms with Gasteiger partial charge in [-0.1, -0.05) is 17.7 Å². The van der Waals surface area contributed by atoms with Crippen molar-refractivity contribution in [2.45, 2.75) is 13.1 Å². The third-order valence-corrected chi connectivity index (χ3v) is 2.88. The molecule has 0 N–H and O–H groups in total. The van der Waals surface area contributed by atoms with E-state index < -0.39 is 17.6 Å². The van der Waals surface area contributed by atoms with Crippen molar-refractivity contribution >= 4 is 0 Å². The van der Waals surface area contributed by atoms with Crippen molar-refractivity contribution in [1.82, 2.24) is 0 Å². The van der Waals surface area contributed by atoms with E-state index in [0.29, 0.717) is 6.07 Å². The lowest BCUT2D eigenvalue weighted by atomic mass is 9.96. The highest BCUT2D eigenvalue weighted by molar-refractivity contribution is 5.72. The minimum Gasteiger partial charge on any atom is -0.206 e. The zero-order chi connectivity index (χ0) is 14.9. The van der Waals surface area contributed by atoms with E-state index in [2.05, 4.69) is 0 Å². The molecule has 0 saturated carbocycles. The van der Waals surface area contributed by atoms with Crippen molar-refractivity contribution in [3.63, 3.8) is 0 Å². The fourth-order valence-electron chi connectivity index (χ4n) is 1.89. The molecule has 0 amide bonds. The van der Waals surface area contributed by atoms with Crippen LogP contribution in [0.25, 0.3) is 11.1 Å². The summed E-state index contributed by atoms with van der Waals surface area (Å²) in [5, 5.41) is 9.00. The maximum absolute atomic E-state index is 13.8. The highest BCUT2D eigenvalue weighted by atomic mass is 19.4. The average molecular weight is 279 g/mol. The molecule has 5 heteroatoms. The first-order valence-corrected chi connectivity index (χ1v) is 5.71. The molecule has 102 valence electrons. The molecule has 20 heavy (non-hydrogen) atoms. The van der Waals surface area contributed by atoms with Gasteiger partial charge in [0.15, 0.2) is 0 Å². The standard InChI is InChI=1S/C15H9F4N/c1-9-2-3-10(8-20)12(6-9)13-7-11(15(17,18)19)4-5-14(13)16/h2-7H,1H3. The molecule has 0 aliphatic carbocycles. The summed E-state index contributed by atoms with van der Waals surface area (Å²) in [7, 11) is 0. The van der Waals surface area contributed by atoms with Crippen LogP contribution < -0.4 is 0 Å². The van der Waals surface area contributed by atoms with Crippen LogP contribution in [0.1, 0.15) is 16.7 Å². The van der Waals surface area contributed by atoms with Crippen LogP contribution in [-0.2, 0) is 6.18 Å². The van der Waals surface area contributed by atoms with Crippen LogP contribution in [0, 0.1) is 24.1 Å². The number of halogens is 4. The molecule has 0 heterocycles. The largest absolute Gasteiger partial charge is 0.416 e. The molecule has 2 aromatic rings. The molecule has 0 radical (unpaired) electrons. The molecule has 0 atom stereocenters. The van der Waals surface area contributed by atoms with Crippen molar-refractivity contribution in [3.05, 3.63) is 58.9 Å². The summed E-state index contributed by atoms with van der Waals surface area (Å²) in [4.78, 5) is 0. The van der Waals surface area contributed by atoms with Crippen LogP contribution in [-0.4, -0.2) is 0 Å². The van der Waals surface area contributed by atoms with Gasteiger partial charge in [0.1, 0.15) is 5.82 Å². The Morgan fingerprint density at radius 3 is 2.30 bits per heavy atom. The average Bonchev–Trinajstić information content (AvgIpc) is 2.38. The number of rotatable bonds is 1. The maximum Gasteiger partial charge on any atom is 0.416 e. The molecule has 0 aromatic heterocycles. The number of alkyl halides is 3. The summed E-state index contributed by atoms with van der Waals surface area (Å²) in [6.45, 7) is 1.72. The Bertz CT molecular complexity index is 696. The summed E-state index contributed by atoms with van der Waals surface area (Å²) >= 11 is 0. The second kappa shape index (κ2) is 4.97. The van der Waals surface area contributed by atoms with Crippen molar-refractivity contribution in [3.8, 4) is 17.2 Å². The molecule has 2 rings (SSSR count). The Kier molecular flexibility index (Phi) is 3.49. The minimum atomic E-state index is -4.56. The van der Waals surface area contributed by atoms with Crippen molar-refractivity contribution in [2.24, 2.45) is 0 Å². The lowest BCUT2D eigenvalue weighted by Gasteiger charge is -2.11. The molecule has 0 aliphatic heterocycles. The van der Waals surface area contributed by atoms with Crippen LogP contribution in [0.4, 0.5) is 17.6 Å². The first-order valence-electron chi connectivity index (χ1n) is 5.71. The zero-order valence-corrected chi connectivity index (χ0v) is 10.4. The highest BCUT2D eigenvalue weighted by Crippen LogP contribution is 2.34. The molecule has 1 nitrogen and oxygen atoms in total. The van der Waals surface area contributed by atoms with Gasteiger partial charge >= 0.3 is 6.18 Å². The Morgan fingerprint density at radius 2 is 1.70 bits per heavy atom.